The molecule has 0 unspecified atom stereocenters. The number of halogens is 1. The highest BCUT2D eigenvalue weighted by Crippen LogP contribution is 2.47. The highest BCUT2D eigenvalue weighted by Gasteiger charge is 2.44. The van der Waals surface area contributed by atoms with Crippen LogP contribution in [0.3, 0.4) is 0 Å². The van der Waals surface area contributed by atoms with Gasteiger partial charge >= 0.3 is 0 Å². The molecule has 0 aliphatic carbocycles. The van der Waals surface area contributed by atoms with E-state index in [0.29, 0.717) is 23.5 Å². The topological polar surface area (TPSA) is 51.1 Å². The Bertz CT molecular complexity index is 861. The molecule has 2 heterocycles. The van der Waals surface area contributed by atoms with Crippen LogP contribution in [0.4, 0.5) is 4.39 Å². The van der Waals surface area contributed by atoms with E-state index in [2.05, 4.69) is 5.10 Å². The molecule has 122 valence electrons. The van der Waals surface area contributed by atoms with Crippen molar-refractivity contribution < 1.29 is 18.7 Å². The summed E-state index contributed by atoms with van der Waals surface area (Å²) in [6.45, 7) is 0. The molecule has 2 aliphatic rings. The van der Waals surface area contributed by atoms with Gasteiger partial charge in [0.25, 0.3) is 5.91 Å². The van der Waals surface area contributed by atoms with Crippen molar-refractivity contribution in [2.45, 2.75) is 12.5 Å². The number of hydrogen-bond donors (Lipinski definition) is 0. The molecule has 0 bridgehead atoms. The number of methoxy groups -OCH3 is 2. The van der Waals surface area contributed by atoms with Crippen molar-refractivity contribution in [2.75, 3.05) is 14.2 Å². The number of carbonyl (C=O) groups is 1. The second kappa shape index (κ2) is 5.33. The van der Waals surface area contributed by atoms with Gasteiger partial charge in [0.05, 0.1) is 31.5 Å². The van der Waals surface area contributed by atoms with Gasteiger partial charge < -0.3 is 9.47 Å². The molecule has 2 aliphatic heterocycles. The molecule has 0 aromatic heterocycles. The minimum absolute atomic E-state index is 0.160. The van der Waals surface area contributed by atoms with Crippen LogP contribution < -0.4 is 9.47 Å². The summed E-state index contributed by atoms with van der Waals surface area (Å²) >= 11 is 0. The summed E-state index contributed by atoms with van der Waals surface area (Å²) in [5.74, 6) is 0.459. The summed E-state index contributed by atoms with van der Waals surface area (Å²) in [4.78, 5) is 12.8. The van der Waals surface area contributed by atoms with Gasteiger partial charge in [0, 0.05) is 6.42 Å². The van der Waals surface area contributed by atoms with Crippen molar-refractivity contribution in [3.8, 4) is 11.5 Å². The number of ether oxygens (including phenoxy) is 2. The second-order valence-electron chi connectivity index (χ2n) is 5.69. The van der Waals surface area contributed by atoms with E-state index in [4.69, 9.17) is 9.47 Å². The predicted molar refractivity (Wildman–Crippen MR) is 86.0 cm³/mol. The molecule has 0 spiro atoms. The maximum Gasteiger partial charge on any atom is 0.278 e. The molecule has 5 nitrogen and oxygen atoms in total. The van der Waals surface area contributed by atoms with Crippen LogP contribution in [0.1, 0.15) is 33.9 Å². The maximum absolute atomic E-state index is 13.1. The molecule has 6 heteroatoms. The van der Waals surface area contributed by atoms with Crippen LogP contribution in [0.25, 0.3) is 0 Å². The van der Waals surface area contributed by atoms with Crippen molar-refractivity contribution >= 4 is 11.6 Å². The summed E-state index contributed by atoms with van der Waals surface area (Å²) in [5, 5.41) is 5.94. The van der Waals surface area contributed by atoms with Crippen LogP contribution >= 0.6 is 0 Å². The molecule has 0 N–H and O–H groups in total. The van der Waals surface area contributed by atoms with Gasteiger partial charge in [-0.1, -0.05) is 18.2 Å². The van der Waals surface area contributed by atoms with E-state index >= 15 is 0 Å². The molecular formula is C18H15FN2O3. The predicted octanol–water partition coefficient (Wildman–Crippen LogP) is 3.15. The van der Waals surface area contributed by atoms with E-state index < -0.39 is 0 Å². The Labute approximate surface area is 138 Å². The molecule has 0 saturated carbocycles. The standard InChI is InChI=1S/C18H15FN2O3/c1-23-15-8-7-12-14-9-13(10-3-5-11(19)6-4-10)20-21(14)18(22)16(12)17(15)24-2/h3-8,14H,9H2,1-2H3/t14-/m0/s1. The number of nitrogens with zero attached hydrogens (tertiary/aromatic N) is 2. The van der Waals surface area contributed by atoms with Crippen LogP contribution in [0.15, 0.2) is 41.5 Å². The molecule has 4 rings (SSSR count). The van der Waals surface area contributed by atoms with Crippen molar-refractivity contribution in [3.05, 3.63) is 58.9 Å². The third kappa shape index (κ3) is 1.99. The zero-order valence-electron chi connectivity index (χ0n) is 13.2. The minimum atomic E-state index is -0.295. The quantitative estimate of drug-likeness (QED) is 0.871. The van der Waals surface area contributed by atoms with Crippen LogP contribution in [0.5, 0.6) is 11.5 Å². The molecule has 1 amide bonds. The Morgan fingerprint density at radius 1 is 1.12 bits per heavy atom. The van der Waals surface area contributed by atoms with E-state index in [9.17, 15) is 9.18 Å². The van der Waals surface area contributed by atoms with Gasteiger partial charge in [-0.2, -0.15) is 5.10 Å². The van der Waals surface area contributed by atoms with Crippen LogP contribution in [-0.4, -0.2) is 30.8 Å². The fourth-order valence-corrected chi connectivity index (χ4v) is 3.31. The number of amides is 1. The largest absolute Gasteiger partial charge is 0.493 e. The Hall–Kier alpha value is -2.89. The molecule has 2 aromatic rings. The number of carbonyl (C=O) groups excluding carboxylic acids is 1. The molecule has 0 fully saturated rings. The first-order valence-corrected chi connectivity index (χ1v) is 7.56. The van der Waals surface area contributed by atoms with E-state index in [1.54, 1.807) is 18.2 Å². The Kier molecular flexibility index (Phi) is 3.26. The zero-order chi connectivity index (χ0) is 16.8. The Balaban J connectivity index is 1.74. The van der Waals surface area contributed by atoms with E-state index in [1.165, 1.54) is 31.4 Å². The number of fused-ring (bicyclic) bond motifs is 3. The van der Waals surface area contributed by atoms with Gasteiger partial charge in [-0.15, -0.1) is 0 Å². The van der Waals surface area contributed by atoms with Gasteiger partial charge in [0.15, 0.2) is 11.5 Å². The first-order valence-electron chi connectivity index (χ1n) is 7.56. The number of hydrogen-bond acceptors (Lipinski definition) is 4. The van der Waals surface area contributed by atoms with Gasteiger partial charge in [0.1, 0.15) is 5.82 Å². The fourth-order valence-electron chi connectivity index (χ4n) is 3.31. The maximum atomic E-state index is 13.1. The van der Waals surface area contributed by atoms with E-state index in [1.807, 2.05) is 6.07 Å². The number of hydrazone groups is 1. The monoisotopic (exact) mass is 326 g/mol. The summed E-state index contributed by atoms with van der Waals surface area (Å²) in [6, 6.07) is 9.65. The third-order valence-electron chi connectivity index (χ3n) is 4.45. The lowest BCUT2D eigenvalue weighted by Gasteiger charge is -2.12. The number of rotatable bonds is 3. The van der Waals surface area contributed by atoms with Crippen LogP contribution in [0.2, 0.25) is 0 Å². The van der Waals surface area contributed by atoms with E-state index in [-0.39, 0.29) is 17.8 Å². The lowest BCUT2D eigenvalue weighted by atomic mass is 9.97. The van der Waals surface area contributed by atoms with Crippen molar-refractivity contribution in [1.82, 2.24) is 5.01 Å². The van der Waals surface area contributed by atoms with Crippen molar-refractivity contribution in [3.63, 3.8) is 0 Å². The molecule has 2 aromatic carbocycles. The third-order valence-corrected chi connectivity index (χ3v) is 4.45. The van der Waals surface area contributed by atoms with Crippen molar-refractivity contribution in [1.29, 1.82) is 0 Å². The average molecular weight is 326 g/mol. The Morgan fingerprint density at radius 3 is 2.54 bits per heavy atom. The normalized spacial score (nSPS) is 18.3. The smallest absolute Gasteiger partial charge is 0.278 e. The van der Waals surface area contributed by atoms with Gasteiger partial charge in [0.2, 0.25) is 0 Å². The lowest BCUT2D eigenvalue weighted by Crippen LogP contribution is -2.18. The van der Waals surface area contributed by atoms with Gasteiger partial charge in [-0.05, 0) is 29.3 Å². The molecular weight excluding hydrogens is 311 g/mol. The van der Waals surface area contributed by atoms with Gasteiger partial charge in [-0.3, -0.25) is 4.79 Å². The lowest BCUT2D eigenvalue weighted by molar-refractivity contribution is 0.0753. The van der Waals surface area contributed by atoms with Crippen molar-refractivity contribution in [2.24, 2.45) is 5.10 Å². The highest BCUT2D eigenvalue weighted by molar-refractivity contribution is 6.09. The van der Waals surface area contributed by atoms with Crippen LogP contribution in [0, 0.1) is 5.82 Å². The van der Waals surface area contributed by atoms with Gasteiger partial charge in [-0.25, -0.2) is 9.40 Å². The SMILES string of the molecule is COc1ccc2c(c1OC)C(=O)N1N=C(c3ccc(F)cc3)C[C@@H]21. The summed E-state index contributed by atoms with van der Waals surface area (Å²) in [7, 11) is 3.05. The summed E-state index contributed by atoms with van der Waals surface area (Å²) in [5.41, 5.74) is 2.97. The first-order chi connectivity index (χ1) is 11.6. The molecule has 0 radical (unpaired) electrons. The molecule has 1 atom stereocenters. The van der Waals surface area contributed by atoms with Crippen LogP contribution in [-0.2, 0) is 0 Å². The summed E-state index contributed by atoms with van der Waals surface area (Å²) in [6.07, 6.45) is 0.583. The average Bonchev–Trinajstić information content (AvgIpc) is 3.14. The fraction of sp³-hybridized carbons (Fsp3) is 0.222. The summed E-state index contributed by atoms with van der Waals surface area (Å²) < 4.78 is 23.7. The first kappa shape index (κ1) is 14.7. The molecule has 24 heavy (non-hydrogen) atoms. The zero-order valence-corrected chi connectivity index (χ0v) is 13.2. The molecule has 0 saturated heterocycles. The van der Waals surface area contributed by atoms with E-state index in [0.717, 1.165) is 16.8 Å². The highest BCUT2D eigenvalue weighted by atomic mass is 19.1. The second-order valence-corrected chi connectivity index (χ2v) is 5.69. The minimum Gasteiger partial charge on any atom is -0.493 e. The Morgan fingerprint density at radius 2 is 1.88 bits per heavy atom. The number of benzene rings is 2.